The fourth-order valence-electron chi connectivity index (χ4n) is 3.58. The minimum Gasteiger partial charge on any atom is -0.276 e. The Morgan fingerprint density at radius 3 is 2.72 bits per heavy atom. The van der Waals surface area contributed by atoms with E-state index in [0.29, 0.717) is 23.5 Å². The van der Waals surface area contributed by atoms with Crippen molar-refractivity contribution in [2.24, 2.45) is 0 Å². The van der Waals surface area contributed by atoms with Crippen molar-refractivity contribution in [2.75, 3.05) is 0 Å². The number of rotatable bonds is 7. The second-order valence-electron chi connectivity index (χ2n) is 7.39. The molecule has 0 saturated carbocycles. The van der Waals surface area contributed by atoms with Gasteiger partial charge in [0, 0.05) is 23.2 Å². The maximum atomic E-state index is 13.2. The van der Waals surface area contributed by atoms with Crippen LogP contribution in [0.25, 0.3) is 27.3 Å². The van der Waals surface area contributed by atoms with Crippen LogP contribution in [0.3, 0.4) is 0 Å². The largest absolute Gasteiger partial charge is 0.276 e. The third kappa shape index (κ3) is 3.82. The molecule has 0 atom stereocenters. The van der Waals surface area contributed by atoms with Gasteiger partial charge in [0.2, 0.25) is 5.78 Å². The molecule has 162 valence electrons. The summed E-state index contributed by atoms with van der Waals surface area (Å²) in [5, 5.41) is 13.0. The van der Waals surface area contributed by atoms with Gasteiger partial charge in [0.1, 0.15) is 10.8 Å². The third-order valence-corrected chi connectivity index (χ3v) is 7.11. The molecular weight excluding hydrogens is 445 g/mol. The summed E-state index contributed by atoms with van der Waals surface area (Å²) in [6, 6.07) is 13.9. The first-order valence-corrected chi connectivity index (χ1v) is 12.2. The Hall–Kier alpha value is -3.04. The van der Waals surface area contributed by atoms with Crippen molar-refractivity contribution in [1.82, 2.24) is 24.1 Å². The number of hydrogen-bond acceptors (Lipinski definition) is 6. The highest BCUT2D eigenvalue weighted by molar-refractivity contribution is 7.98. The van der Waals surface area contributed by atoms with E-state index >= 15 is 0 Å². The summed E-state index contributed by atoms with van der Waals surface area (Å²) < 4.78 is 16.9. The summed E-state index contributed by atoms with van der Waals surface area (Å²) in [6.45, 7) is 2.71. The lowest BCUT2D eigenvalue weighted by atomic mass is 10.2. The van der Waals surface area contributed by atoms with Gasteiger partial charge in [0.05, 0.1) is 16.6 Å². The second kappa shape index (κ2) is 8.84. The van der Waals surface area contributed by atoms with Crippen LogP contribution >= 0.6 is 23.1 Å². The lowest BCUT2D eigenvalue weighted by molar-refractivity contribution is 0.620. The first-order valence-electron chi connectivity index (χ1n) is 10.4. The van der Waals surface area contributed by atoms with Gasteiger partial charge in [-0.25, -0.2) is 9.37 Å². The topological polar surface area (TPSA) is 65.1 Å². The van der Waals surface area contributed by atoms with Gasteiger partial charge >= 0.3 is 0 Å². The molecule has 9 heteroatoms. The van der Waals surface area contributed by atoms with E-state index in [4.69, 9.17) is 0 Å². The fourth-order valence-corrected chi connectivity index (χ4v) is 5.35. The molecule has 0 fully saturated rings. The summed E-state index contributed by atoms with van der Waals surface area (Å²) >= 11 is 3.06. The molecule has 0 bridgehead atoms. The van der Waals surface area contributed by atoms with Crippen LogP contribution in [0.15, 0.2) is 63.9 Å². The van der Waals surface area contributed by atoms with E-state index in [1.54, 1.807) is 16.7 Å². The third-order valence-electron chi connectivity index (χ3n) is 5.21. The number of aromatic nitrogens is 5. The fraction of sp³-hybridized carbons (Fsp3) is 0.217. The molecule has 5 rings (SSSR count). The number of aryl methyl sites for hydroxylation is 1. The van der Waals surface area contributed by atoms with Gasteiger partial charge in [-0.05, 0) is 42.8 Å². The average molecular weight is 466 g/mol. The Morgan fingerprint density at radius 1 is 1.09 bits per heavy atom. The number of benzene rings is 2. The second-order valence-corrected chi connectivity index (χ2v) is 9.19. The van der Waals surface area contributed by atoms with Crippen molar-refractivity contribution in [3.8, 4) is 10.6 Å². The molecule has 3 heterocycles. The molecular formula is C23H20FN5OS2. The molecule has 0 saturated heterocycles. The zero-order chi connectivity index (χ0) is 22.1. The molecule has 0 aliphatic carbocycles. The first kappa shape index (κ1) is 20.8. The van der Waals surface area contributed by atoms with E-state index in [-0.39, 0.29) is 11.4 Å². The first-order chi connectivity index (χ1) is 15.7. The van der Waals surface area contributed by atoms with Crippen LogP contribution in [0.1, 0.15) is 25.5 Å². The lowest BCUT2D eigenvalue weighted by Crippen LogP contribution is -2.23. The van der Waals surface area contributed by atoms with Gasteiger partial charge in [-0.1, -0.05) is 37.2 Å². The quantitative estimate of drug-likeness (QED) is 0.301. The number of hydrogen-bond donors (Lipinski definition) is 0. The summed E-state index contributed by atoms with van der Waals surface area (Å²) in [4.78, 5) is 17.7. The van der Waals surface area contributed by atoms with Crippen LogP contribution in [0.2, 0.25) is 0 Å². The average Bonchev–Trinajstić information content (AvgIpc) is 3.46. The summed E-state index contributed by atoms with van der Waals surface area (Å²) in [7, 11) is 0. The number of thiazole rings is 1. The van der Waals surface area contributed by atoms with E-state index in [9.17, 15) is 9.18 Å². The van der Waals surface area contributed by atoms with Crippen molar-refractivity contribution >= 4 is 39.8 Å². The van der Waals surface area contributed by atoms with E-state index in [2.05, 4.69) is 22.1 Å². The smallest absolute Gasteiger partial charge is 0.262 e. The molecule has 0 spiro atoms. The van der Waals surface area contributed by atoms with Crippen molar-refractivity contribution in [3.05, 3.63) is 75.8 Å². The molecule has 6 nitrogen and oxygen atoms in total. The van der Waals surface area contributed by atoms with Crippen molar-refractivity contribution < 1.29 is 4.39 Å². The van der Waals surface area contributed by atoms with E-state index < -0.39 is 0 Å². The number of halogens is 1. The van der Waals surface area contributed by atoms with Gasteiger partial charge in [0.25, 0.3) is 5.56 Å². The van der Waals surface area contributed by atoms with Crippen LogP contribution in [0.4, 0.5) is 4.39 Å². The highest BCUT2D eigenvalue weighted by atomic mass is 32.2. The Balaban J connectivity index is 1.48. The minimum absolute atomic E-state index is 0.0334. The van der Waals surface area contributed by atoms with Gasteiger partial charge in [-0.3, -0.25) is 13.8 Å². The number of para-hydroxylation sites is 1. The predicted molar refractivity (Wildman–Crippen MR) is 127 cm³/mol. The van der Waals surface area contributed by atoms with Gasteiger partial charge < -0.3 is 0 Å². The van der Waals surface area contributed by atoms with Crippen LogP contribution in [0, 0.1) is 5.82 Å². The van der Waals surface area contributed by atoms with Crippen LogP contribution < -0.4 is 5.56 Å². The van der Waals surface area contributed by atoms with Crippen LogP contribution in [-0.2, 0) is 12.3 Å². The summed E-state index contributed by atoms with van der Waals surface area (Å²) in [6.07, 6.45) is 1.88. The number of fused-ring (bicyclic) bond motifs is 3. The van der Waals surface area contributed by atoms with E-state index in [1.807, 2.05) is 34.0 Å². The molecule has 5 aromatic rings. The highest BCUT2D eigenvalue weighted by Crippen LogP contribution is 2.28. The minimum atomic E-state index is -0.260. The normalized spacial score (nSPS) is 11.6. The molecule has 0 aliphatic rings. The van der Waals surface area contributed by atoms with Gasteiger partial charge in [-0.15, -0.1) is 21.5 Å². The highest BCUT2D eigenvalue weighted by Gasteiger charge is 2.17. The maximum Gasteiger partial charge on any atom is 0.262 e. The van der Waals surface area contributed by atoms with E-state index in [0.717, 1.165) is 39.8 Å². The van der Waals surface area contributed by atoms with Crippen molar-refractivity contribution in [3.63, 3.8) is 0 Å². The zero-order valence-electron chi connectivity index (χ0n) is 17.4. The van der Waals surface area contributed by atoms with Crippen LogP contribution in [0.5, 0.6) is 0 Å². The van der Waals surface area contributed by atoms with Crippen LogP contribution in [-0.4, -0.2) is 24.1 Å². The lowest BCUT2D eigenvalue weighted by Gasteiger charge is -2.10. The molecule has 0 N–H and O–H groups in total. The number of thioether (sulfide) groups is 1. The molecule has 0 aliphatic heterocycles. The number of unbranched alkanes of at least 4 members (excludes halogenated alkanes) is 1. The zero-order valence-corrected chi connectivity index (χ0v) is 19.0. The Bertz CT molecular complexity index is 1460. The van der Waals surface area contributed by atoms with Gasteiger partial charge in [-0.2, -0.15) is 0 Å². The Morgan fingerprint density at radius 2 is 1.91 bits per heavy atom. The summed E-state index contributed by atoms with van der Waals surface area (Å²) in [5.74, 6) is 0.917. The Kier molecular flexibility index (Phi) is 5.75. The Labute approximate surface area is 191 Å². The summed E-state index contributed by atoms with van der Waals surface area (Å²) in [5.41, 5.74) is 2.58. The van der Waals surface area contributed by atoms with E-state index in [1.165, 1.54) is 35.2 Å². The van der Waals surface area contributed by atoms with Crippen molar-refractivity contribution in [2.45, 2.75) is 37.2 Å². The monoisotopic (exact) mass is 465 g/mol. The molecule has 0 amide bonds. The van der Waals surface area contributed by atoms with Crippen molar-refractivity contribution in [1.29, 1.82) is 0 Å². The predicted octanol–water partition coefficient (Wildman–Crippen LogP) is 5.40. The number of nitrogens with zero attached hydrogens (tertiary/aromatic N) is 5. The standard InChI is InChI=1S/C23H20FN5OS2/c1-2-3-12-28-21(30)18-6-4-5-7-19(18)29-22(28)26-27-23(29)32-14-17-13-31-20(25-17)15-8-10-16(24)11-9-15/h4-11,13H,2-3,12,14H2,1H3. The maximum absolute atomic E-state index is 13.2. The van der Waals surface area contributed by atoms with Gasteiger partial charge in [0.15, 0.2) is 5.16 Å². The molecule has 32 heavy (non-hydrogen) atoms. The molecule has 2 aromatic carbocycles. The molecule has 3 aromatic heterocycles. The SMILES string of the molecule is CCCCn1c(=O)c2ccccc2n2c(SCc3csc(-c4ccc(F)cc4)n3)nnc12. The molecule has 0 unspecified atom stereocenters. The molecule has 0 radical (unpaired) electrons.